The van der Waals surface area contributed by atoms with E-state index in [9.17, 15) is 9.65 Å². The van der Waals surface area contributed by atoms with Crippen molar-refractivity contribution in [2.45, 2.75) is 30.8 Å². The monoisotopic (exact) mass is 672 g/mol. The number of halogens is 1. The molecule has 1 aromatic heterocycles. The number of hydrogen-bond donors (Lipinski definition) is 3. The predicted octanol–water partition coefficient (Wildman–Crippen LogP) is 1.41. The van der Waals surface area contributed by atoms with Crippen LogP contribution in [0.5, 0.6) is 11.5 Å². The number of nitriles is 1. The number of anilines is 1. The van der Waals surface area contributed by atoms with Crippen molar-refractivity contribution in [1.82, 2.24) is 19.6 Å². The number of benzene rings is 2. The summed E-state index contributed by atoms with van der Waals surface area (Å²) >= 11 is 1.19. The van der Waals surface area contributed by atoms with Crippen LogP contribution in [0.1, 0.15) is 36.4 Å². The van der Waals surface area contributed by atoms with Crippen LogP contribution >= 0.6 is 12.1 Å². The van der Waals surface area contributed by atoms with Crippen molar-refractivity contribution in [2.75, 3.05) is 44.6 Å². The Morgan fingerprint density at radius 3 is 2.85 bits per heavy atom. The van der Waals surface area contributed by atoms with Gasteiger partial charge in [-0.2, -0.15) is 5.26 Å². The first-order valence-electron chi connectivity index (χ1n) is 12.3. The van der Waals surface area contributed by atoms with E-state index < -0.39 is 5.82 Å². The Morgan fingerprint density at radius 1 is 1.31 bits per heavy atom. The summed E-state index contributed by atoms with van der Waals surface area (Å²) in [6.07, 6.45) is 4.73. The molecule has 3 N–H and O–H groups in total. The van der Waals surface area contributed by atoms with Gasteiger partial charge in [0.05, 0.1) is 41.2 Å². The average molecular weight is 673 g/mol. The maximum Gasteiger partial charge on any atom is 1.00 e. The minimum absolute atomic E-state index is 0. The minimum Gasteiger partial charge on any atom is -0.453 e. The van der Waals surface area contributed by atoms with E-state index in [-0.39, 0.29) is 106 Å². The molecule has 5 rings (SSSR count). The summed E-state index contributed by atoms with van der Waals surface area (Å²) < 4.78 is 31.7. The van der Waals surface area contributed by atoms with Crippen LogP contribution in [0.2, 0.25) is 0 Å². The van der Waals surface area contributed by atoms with Crippen molar-refractivity contribution in [3.05, 3.63) is 61.0 Å². The molecule has 2 aliphatic heterocycles. The zero-order valence-electron chi connectivity index (χ0n) is 22.5. The number of fused-ring (bicyclic) bond motifs is 1. The fraction of sp³-hybridized carbons (Fsp3) is 0.407. The normalized spacial score (nSPS) is 17.9. The molecule has 0 amide bonds. The molecule has 1 atom stereocenters. The number of rotatable bonds is 8. The van der Waals surface area contributed by atoms with Crippen molar-refractivity contribution >= 4 is 28.9 Å². The average Bonchev–Trinajstić information content (AvgIpc) is 3.32. The first kappa shape index (κ1) is 32.6. The summed E-state index contributed by atoms with van der Waals surface area (Å²) in [5, 5.41) is 22.2. The number of nitrogens with one attached hydrogen (secondary N) is 2. The third-order valence-electron chi connectivity index (χ3n) is 6.84. The second kappa shape index (κ2) is 14.8. The molecule has 39 heavy (non-hydrogen) atoms. The molecule has 1 unspecified atom stereocenters. The SMILES string of the molecule is CN(CCO)SNc1ccc(F)c(Oc2ccc3ncc(C4COC5(CCNCC5)C4)nc3c2)c1C#N.[CH3-].[Cs+]. The van der Waals surface area contributed by atoms with Crippen LogP contribution in [0.15, 0.2) is 36.5 Å². The van der Waals surface area contributed by atoms with Gasteiger partial charge >= 0.3 is 68.9 Å². The zero-order chi connectivity index (χ0) is 25.8. The van der Waals surface area contributed by atoms with Gasteiger partial charge in [0.2, 0.25) is 0 Å². The van der Waals surface area contributed by atoms with Crippen LogP contribution in [-0.2, 0) is 4.74 Å². The van der Waals surface area contributed by atoms with E-state index >= 15 is 0 Å². The molecule has 202 valence electrons. The van der Waals surface area contributed by atoms with Crippen molar-refractivity contribution in [2.24, 2.45) is 0 Å². The van der Waals surface area contributed by atoms with Gasteiger partial charge in [-0.15, -0.1) is 0 Å². The third-order valence-corrected chi connectivity index (χ3v) is 7.65. The summed E-state index contributed by atoms with van der Waals surface area (Å²) in [7, 11) is 1.79. The number of aliphatic hydroxyl groups is 1. The number of aromatic nitrogens is 2. The Hall–Kier alpha value is -0.958. The predicted molar refractivity (Wildman–Crippen MR) is 146 cm³/mol. The van der Waals surface area contributed by atoms with E-state index in [0.717, 1.165) is 38.0 Å². The molecule has 2 aromatic carbocycles. The topological polar surface area (TPSA) is 116 Å². The Bertz CT molecular complexity index is 1320. The van der Waals surface area contributed by atoms with Gasteiger partial charge in [-0.3, -0.25) is 4.98 Å². The van der Waals surface area contributed by atoms with Gasteiger partial charge < -0.3 is 32.0 Å². The molecule has 1 spiro atoms. The van der Waals surface area contributed by atoms with Gasteiger partial charge in [0.15, 0.2) is 11.6 Å². The summed E-state index contributed by atoms with van der Waals surface area (Å²) in [4.78, 5) is 9.43. The number of hydrogen-bond acceptors (Lipinski definition) is 10. The Labute approximate surface area is 291 Å². The van der Waals surface area contributed by atoms with Crippen molar-refractivity contribution < 1.29 is 87.9 Å². The molecule has 2 saturated heterocycles. The molecule has 3 aromatic rings. The Kier molecular flexibility index (Phi) is 12.3. The Morgan fingerprint density at radius 2 is 2.10 bits per heavy atom. The van der Waals surface area contributed by atoms with E-state index in [4.69, 9.17) is 19.6 Å². The van der Waals surface area contributed by atoms with Gasteiger partial charge in [-0.25, -0.2) is 13.7 Å². The number of nitrogens with zero attached hydrogens (tertiary/aromatic N) is 4. The molecule has 0 bridgehead atoms. The van der Waals surface area contributed by atoms with Crippen LogP contribution < -0.4 is 83.7 Å². The molecular weight excluding hydrogens is 640 g/mol. The number of likely N-dealkylation sites (N-methyl/N-ethyl adjacent to an activating group) is 1. The number of aliphatic hydroxyl groups excluding tert-OH is 1. The summed E-state index contributed by atoms with van der Waals surface area (Å²) in [6.45, 7) is 2.97. The van der Waals surface area contributed by atoms with Crippen molar-refractivity contribution in [1.29, 1.82) is 5.26 Å². The molecule has 2 aliphatic rings. The minimum atomic E-state index is -0.647. The zero-order valence-corrected chi connectivity index (χ0v) is 29.6. The van der Waals surface area contributed by atoms with Crippen molar-refractivity contribution in [3.8, 4) is 17.6 Å². The molecule has 3 heterocycles. The second-order valence-corrected chi connectivity index (χ2v) is 10.4. The van der Waals surface area contributed by atoms with Crippen LogP contribution in [0.4, 0.5) is 10.1 Å². The van der Waals surface area contributed by atoms with Gasteiger partial charge in [-0.1, -0.05) is 0 Å². The number of piperidine rings is 1. The number of ether oxygens (including phenoxy) is 2. The van der Waals surface area contributed by atoms with E-state index in [0.29, 0.717) is 35.6 Å². The van der Waals surface area contributed by atoms with E-state index in [1.807, 2.05) is 12.3 Å². The fourth-order valence-electron chi connectivity index (χ4n) is 4.82. The third kappa shape index (κ3) is 7.66. The fourth-order valence-corrected chi connectivity index (χ4v) is 5.41. The summed E-state index contributed by atoms with van der Waals surface area (Å²) in [6, 6.07) is 9.94. The van der Waals surface area contributed by atoms with E-state index in [1.54, 1.807) is 29.6 Å². The molecule has 9 nitrogen and oxygen atoms in total. The molecule has 0 aliphatic carbocycles. The van der Waals surface area contributed by atoms with Gasteiger partial charge in [-0.05, 0) is 63.7 Å². The van der Waals surface area contributed by atoms with E-state index in [2.05, 4.69) is 15.0 Å². The summed E-state index contributed by atoms with van der Waals surface area (Å²) in [5.74, 6) is -0.287. The molecule has 2 fully saturated rings. The maximum atomic E-state index is 14.8. The molecule has 12 heteroatoms. The van der Waals surface area contributed by atoms with Gasteiger partial charge in [0.25, 0.3) is 0 Å². The molecule has 0 radical (unpaired) electrons. The quantitative estimate of drug-likeness (QED) is 0.240. The van der Waals surface area contributed by atoms with Crippen LogP contribution in [0, 0.1) is 24.6 Å². The second-order valence-electron chi connectivity index (χ2n) is 9.37. The maximum absolute atomic E-state index is 14.8. The standard InChI is InChI=1S/C26H29FN6O3S.CH3.Cs/c1-33(10-11-34)37-32-21-5-3-20(27)25(19(21)14-28)36-18-2-4-22-23(12-18)31-24(15-30-22)17-13-26(35-16-17)6-8-29-9-7-26;;/h2-5,12,15,17,29,32,34H,6-11,13,16H2,1H3;1H3;/q;-1;+1. The smallest absolute Gasteiger partial charge is 0.453 e. The van der Waals surface area contributed by atoms with Gasteiger partial charge in [0.1, 0.15) is 17.4 Å². The Balaban J connectivity index is 0.00000210. The van der Waals surface area contributed by atoms with Crippen LogP contribution in [-0.4, -0.2) is 64.9 Å². The molecular formula is C27H32CsFN6O3S. The van der Waals surface area contributed by atoms with Crippen molar-refractivity contribution in [3.63, 3.8) is 0 Å². The van der Waals surface area contributed by atoms with Gasteiger partial charge in [0, 0.05) is 36.9 Å². The van der Waals surface area contributed by atoms with E-state index in [1.165, 1.54) is 24.3 Å². The van der Waals surface area contributed by atoms with Crippen LogP contribution in [0.3, 0.4) is 0 Å². The first-order valence-corrected chi connectivity index (χ1v) is 13.0. The molecule has 0 saturated carbocycles. The summed E-state index contributed by atoms with van der Waals surface area (Å²) in [5.41, 5.74) is 2.58. The first-order chi connectivity index (χ1) is 18.0. The largest absolute Gasteiger partial charge is 1.00 e. The van der Waals surface area contributed by atoms with Crippen LogP contribution in [0.25, 0.3) is 11.0 Å².